The summed E-state index contributed by atoms with van der Waals surface area (Å²) >= 11 is 0. The van der Waals surface area contributed by atoms with E-state index in [4.69, 9.17) is 5.11 Å². The second-order valence-electron chi connectivity index (χ2n) is 4.17. The van der Waals surface area contributed by atoms with Crippen LogP contribution in [0.4, 0.5) is 0 Å². The molecule has 2 N–H and O–H groups in total. The number of aromatic amines is 1. The van der Waals surface area contributed by atoms with Crippen LogP contribution in [-0.4, -0.2) is 16.1 Å². The fourth-order valence-electron chi connectivity index (χ4n) is 2.70. The number of rotatable bonds is 1. The number of aromatic carboxylic acids is 1. The monoisotopic (exact) mass is 177 g/mol. The van der Waals surface area contributed by atoms with Gasteiger partial charge in [0.25, 0.3) is 0 Å². The Balaban J connectivity index is 2.03. The van der Waals surface area contributed by atoms with Gasteiger partial charge < -0.3 is 10.1 Å². The van der Waals surface area contributed by atoms with Gasteiger partial charge in [0, 0.05) is 5.69 Å². The summed E-state index contributed by atoms with van der Waals surface area (Å²) in [5.74, 6) is 1.37. The lowest BCUT2D eigenvalue weighted by Gasteiger charge is -1.95. The summed E-state index contributed by atoms with van der Waals surface area (Å²) in [5, 5.41) is 8.78. The number of carbonyl (C=O) groups is 1. The molecule has 0 amide bonds. The van der Waals surface area contributed by atoms with Crippen LogP contribution < -0.4 is 0 Å². The zero-order chi connectivity index (χ0) is 9.16. The van der Waals surface area contributed by atoms with E-state index in [2.05, 4.69) is 11.9 Å². The first kappa shape index (κ1) is 7.18. The molecule has 1 heterocycles. The van der Waals surface area contributed by atoms with E-state index >= 15 is 0 Å². The molecular weight excluding hydrogens is 166 g/mol. The molecule has 2 aliphatic rings. The number of nitrogens with one attached hydrogen (secondary N) is 1. The Bertz CT molecular complexity index is 394. The highest BCUT2D eigenvalue weighted by atomic mass is 16.4. The van der Waals surface area contributed by atoms with Gasteiger partial charge in [0.2, 0.25) is 0 Å². The first-order chi connectivity index (χ1) is 6.18. The van der Waals surface area contributed by atoms with Crippen molar-refractivity contribution in [1.82, 2.24) is 4.98 Å². The maximum atomic E-state index is 10.7. The van der Waals surface area contributed by atoms with Crippen LogP contribution >= 0.6 is 0 Å². The van der Waals surface area contributed by atoms with E-state index in [9.17, 15) is 4.79 Å². The molecule has 1 aromatic rings. The number of carboxylic acid groups (broad SMARTS) is 1. The lowest BCUT2D eigenvalue weighted by atomic mass is 10.1. The molecule has 3 atom stereocenters. The van der Waals surface area contributed by atoms with Crippen LogP contribution in [0.1, 0.15) is 34.6 Å². The molecule has 0 bridgehead atoms. The number of carboxylic acids is 1. The fourth-order valence-corrected chi connectivity index (χ4v) is 2.70. The van der Waals surface area contributed by atoms with Gasteiger partial charge in [0.15, 0.2) is 0 Å². The van der Waals surface area contributed by atoms with E-state index in [1.807, 2.05) is 6.07 Å². The molecule has 1 saturated carbocycles. The molecule has 68 valence electrons. The molecule has 1 fully saturated rings. The molecule has 3 rings (SSSR count). The van der Waals surface area contributed by atoms with E-state index in [1.165, 1.54) is 5.56 Å². The van der Waals surface area contributed by atoms with Gasteiger partial charge in [-0.05, 0) is 35.8 Å². The van der Waals surface area contributed by atoms with Crippen molar-refractivity contribution in [3.05, 3.63) is 23.0 Å². The van der Waals surface area contributed by atoms with Crippen molar-refractivity contribution in [1.29, 1.82) is 0 Å². The highest BCUT2D eigenvalue weighted by Crippen LogP contribution is 2.61. The Hall–Kier alpha value is -1.25. The molecular formula is C10H11NO2. The number of fused-ring (bicyclic) bond motifs is 3. The van der Waals surface area contributed by atoms with Crippen molar-refractivity contribution < 1.29 is 9.90 Å². The fraction of sp³-hybridized carbons (Fsp3) is 0.500. The third-order valence-corrected chi connectivity index (χ3v) is 3.53. The third-order valence-electron chi connectivity index (χ3n) is 3.53. The third kappa shape index (κ3) is 0.767. The van der Waals surface area contributed by atoms with E-state index in [0.717, 1.165) is 24.0 Å². The lowest BCUT2D eigenvalue weighted by Crippen LogP contribution is -1.97. The minimum absolute atomic E-state index is 0.350. The predicted molar refractivity (Wildman–Crippen MR) is 46.9 cm³/mol. The van der Waals surface area contributed by atoms with Gasteiger partial charge >= 0.3 is 5.97 Å². The molecule has 0 aliphatic heterocycles. The minimum atomic E-state index is -0.848. The molecule has 13 heavy (non-hydrogen) atoms. The van der Waals surface area contributed by atoms with Crippen LogP contribution in [0.2, 0.25) is 0 Å². The smallest absolute Gasteiger partial charge is 0.352 e. The van der Waals surface area contributed by atoms with Gasteiger partial charge in [-0.1, -0.05) is 6.92 Å². The summed E-state index contributed by atoms with van der Waals surface area (Å²) in [6.45, 7) is 2.24. The molecule has 2 aliphatic carbocycles. The Labute approximate surface area is 75.8 Å². The average molecular weight is 177 g/mol. The number of hydrogen-bond donors (Lipinski definition) is 2. The van der Waals surface area contributed by atoms with Crippen LogP contribution in [0.3, 0.4) is 0 Å². The van der Waals surface area contributed by atoms with E-state index < -0.39 is 5.97 Å². The van der Waals surface area contributed by atoms with Crippen molar-refractivity contribution in [3.8, 4) is 0 Å². The SMILES string of the molecule is CC1C2Cc3[nH]c(C(=O)O)cc3C12. The summed E-state index contributed by atoms with van der Waals surface area (Å²) in [6, 6.07) is 1.81. The van der Waals surface area contributed by atoms with Crippen molar-refractivity contribution >= 4 is 5.97 Å². The Morgan fingerprint density at radius 3 is 3.15 bits per heavy atom. The number of H-pyrrole nitrogens is 1. The minimum Gasteiger partial charge on any atom is -0.477 e. The Morgan fingerprint density at radius 1 is 1.69 bits per heavy atom. The summed E-state index contributed by atoms with van der Waals surface area (Å²) in [4.78, 5) is 13.7. The van der Waals surface area contributed by atoms with E-state index in [-0.39, 0.29) is 0 Å². The van der Waals surface area contributed by atoms with Crippen molar-refractivity contribution in [2.24, 2.45) is 11.8 Å². The normalized spacial score (nSPS) is 34.1. The summed E-state index contributed by atoms with van der Waals surface area (Å²) in [6.07, 6.45) is 1.05. The Morgan fingerprint density at radius 2 is 2.46 bits per heavy atom. The van der Waals surface area contributed by atoms with Gasteiger partial charge in [-0.15, -0.1) is 0 Å². The van der Waals surface area contributed by atoms with Gasteiger partial charge in [0.1, 0.15) is 5.69 Å². The van der Waals surface area contributed by atoms with Gasteiger partial charge in [-0.2, -0.15) is 0 Å². The lowest BCUT2D eigenvalue weighted by molar-refractivity contribution is 0.0691. The topological polar surface area (TPSA) is 53.1 Å². The molecule has 0 saturated heterocycles. The van der Waals surface area contributed by atoms with E-state index in [0.29, 0.717) is 11.6 Å². The number of aromatic nitrogens is 1. The molecule has 3 unspecified atom stereocenters. The van der Waals surface area contributed by atoms with Crippen molar-refractivity contribution in [2.75, 3.05) is 0 Å². The predicted octanol–water partition coefficient (Wildman–Crippen LogP) is 1.62. The van der Waals surface area contributed by atoms with Crippen LogP contribution in [0, 0.1) is 11.8 Å². The molecule has 1 aromatic heterocycles. The van der Waals surface area contributed by atoms with Crippen LogP contribution in [-0.2, 0) is 6.42 Å². The molecule has 3 nitrogen and oxygen atoms in total. The largest absolute Gasteiger partial charge is 0.477 e. The molecule has 0 spiro atoms. The second-order valence-corrected chi connectivity index (χ2v) is 4.17. The first-order valence-electron chi connectivity index (χ1n) is 4.63. The highest BCUT2D eigenvalue weighted by molar-refractivity contribution is 5.86. The first-order valence-corrected chi connectivity index (χ1v) is 4.63. The van der Waals surface area contributed by atoms with Gasteiger partial charge in [-0.3, -0.25) is 0 Å². The Kier molecular flexibility index (Phi) is 1.09. The highest BCUT2D eigenvalue weighted by Gasteiger charge is 2.53. The van der Waals surface area contributed by atoms with Crippen molar-refractivity contribution in [3.63, 3.8) is 0 Å². The summed E-state index contributed by atoms with van der Waals surface area (Å²) < 4.78 is 0. The maximum absolute atomic E-state index is 10.7. The standard InChI is InChI=1S/C10H11NO2/c1-4-5-2-7-6(9(4)5)3-8(11-7)10(12)13/h3-5,9,11H,2H2,1H3,(H,12,13). The number of hydrogen-bond acceptors (Lipinski definition) is 1. The quantitative estimate of drug-likeness (QED) is 0.684. The van der Waals surface area contributed by atoms with Crippen molar-refractivity contribution in [2.45, 2.75) is 19.3 Å². The van der Waals surface area contributed by atoms with Crippen LogP contribution in [0.25, 0.3) is 0 Å². The van der Waals surface area contributed by atoms with E-state index in [1.54, 1.807) is 0 Å². The van der Waals surface area contributed by atoms with Crippen LogP contribution in [0.15, 0.2) is 6.07 Å². The average Bonchev–Trinajstić information content (AvgIpc) is 2.49. The van der Waals surface area contributed by atoms with Gasteiger partial charge in [0.05, 0.1) is 0 Å². The molecule has 3 heteroatoms. The second kappa shape index (κ2) is 1.97. The molecule has 0 radical (unpaired) electrons. The summed E-state index contributed by atoms with van der Waals surface area (Å²) in [7, 11) is 0. The maximum Gasteiger partial charge on any atom is 0.352 e. The molecule has 0 aromatic carbocycles. The zero-order valence-electron chi connectivity index (χ0n) is 7.37. The van der Waals surface area contributed by atoms with Gasteiger partial charge in [-0.25, -0.2) is 4.79 Å². The zero-order valence-corrected chi connectivity index (χ0v) is 7.37. The summed E-state index contributed by atoms with van der Waals surface area (Å²) in [5.41, 5.74) is 2.77. The van der Waals surface area contributed by atoms with Crippen LogP contribution in [0.5, 0.6) is 0 Å².